The third-order valence-corrected chi connectivity index (χ3v) is 2.40. The van der Waals surface area contributed by atoms with E-state index in [0.29, 0.717) is 5.75 Å². The molecule has 0 saturated carbocycles. The summed E-state index contributed by atoms with van der Waals surface area (Å²) in [4.78, 5) is 11.1. The second kappa shape index (κ2) is 6.12. The summed E-state index contributed by atoms with van der Waals surface area (Å²) in [5.41, 5.74) is 6.89. The third kappa shape index (κ3) is 3.24. The van der Waals surface area contributed by atoms with Crippen molar-refractivity contribution in [2.24, 2.45) is 5.73 Å². The summed E-state index contributed by atoms with van der Waals surface area (Å²) in [5.74, 6) is 0.528. The highest BCUT2D eigenvalue weighted by Crippen LogP contribution is 2.25. The van der Waals surface area contributed by atoms with Gasteiger partial charge in [0.15, 0.2) is 6.61 Å². The fourth-order valence-electron chi connectivity index (χ4n) is 1.35. The smallest absolute Gasteiger partial charge is 0.257 e. The Hall–Kier alpha value is -1.55. The van der Waals surface area contributed by atoms with Gasteiger partial charge in [0.2, 0.25) is 0 Å². The van der Waals surface area contributed by atoms with Gasteiger partial charge in [0.1, 0.15) is 5.75 Å². The van der Waals surface area contributed by atoms with Crippen molar-refractivity contribution in [1.29, 1.82) is 0 Å². The van der Waals surface area contributed by atoms with Crippen molar-refractivity contribution in [2.75, 3.05) is 13.7 Å². The van der Waals surface area contributed by atoms with E-state index in [-0.39, 0.29) is 18.6 Å². The minimum atomic E-state index is -0.153. The van der Waals surface area contributed by atoms with Gasteiger partial charge in [-0.2, -0.15) is 0 Å². The van der Waals surface area contributed by atoms with E-state index in [1.54, 1.807) is 7.05 Å². The lowest BCUT2D eigenvalue weighted by Gasteiger charge is -2.15. The maximum absolute atomic E-state index is 11.1. The number of benzene rings is 1. The number of ether oxygens (including phenoxy) is 1. The lowest BCUT2D eigenvalue weighted by Crippen LogP contribution is -2.25. The molecule has 1 aromatic carbocycles. The number of rotatable bonds is 5. The molecule has 16 heavy (non-hydrogen) atoms. The molecule has 0 aliphatic heterocycles. The first kappa shape index (κ1) is 12.5. The predicted octanol–water partition coefficient (Wildman–Crippen LogP) is 1.22. The molecule has 88 valence electrons. The number of likely N-dealkylation sites (N-methyl/N-ethyl adjacent to an activating group) is 1. The number of hydrogen-bond donors (Lipinski definition) is 2. The standard InChI is InChI=1S/C12H18N2O2/c1-3-10(13)9-6-4-5-7-11(9)16-8-12(15)14-2/h4-7,10H,3,8,13H2,1-2H3,(H,14,15)/t10-/m0/s1. The van der Waals surface area contributed by atoms with Gasteiger partial charge in [0, 0.05) is 18.7 Å². The monoisotopic (exact) mass is 222 g/mol. The number of amides is 1. The molecular formula is C12H18N2O2. The van der Waals surface area contributed by atoms with Crippen LogP contribution in [0, 0.1) is 0 Å². The summed E-state index contributed by atoms with van der Waals surface area (Å²) in [7, 11) is 1.58. The lowest BCUT2D eigenvalue weighted by atomic mass is 10.0. The first-order chi connectivity index (χ1) is 7.69. The second-order valence-corrected chi connectivity index (χ2v) is 3.51. The summed E-state index contributed by atoms with van der Waals surface area (Å²) in [6.07, 6.45) is 0.834. The molecule has 0 aliphatic rings. The van der Waals surface area contributed by atoms with Gasteiger partial charge in [0.05, 0.1) is 0 Å². The van der Waals surface area contributed by atoms with Crippen molar-refractivity contribution >= 4 is 5.91 Å². The van der Waals surface area contributed by atoms with Crippen LogP contribution in [0.25, 0.3) is 0 Å². The van der Waals surface area contributed by atoms with Crippen molar-refractivity contribution in [3.63, 3.8) is 0 Å². The average Bonchev–Trinajstić information content (AvgIpc) is 2.35. The topological polar surface area (TPSA) is 64.3 Å². The molecule has 3 N–H and O–H groups in total. The normalized spacial score (nSPS) is 11.9. The van der Waals surface area contributed by atoms with E-state index < -0.39 is 0 Å². The van der Waals surface area contributed by atoms with Crippen LogP contribution in [0.5, 0.6) is 5.75 Å². The molecule has 0 aliphatic carbocycles. The van der Waals surface area contributed by atoms with Gasteiger partial charge in [-0.25, -0.2) is 0 Å². The summed E-state index contributed by atoms with van der Waals surface area (Å²) >= 11 is 0. The molecular weight excluding hydrogens is 204 g/mol. The van der Waals surface area contributed by atoms with Crippen LogP contribution in [-0.4, -0.2) is 19.6 Å². The molecule has 1 rings (SSSR count). The Morgan fingerprint density at radius 1 is 1.50 bits per heavy atom. The third-order valence-electron chi connectivity index (χ3n) is 2.40. The van der Waals surface area contributed by atoms with Gasteiger partial charge in [0.25, 0.3) is 5.91 Å². The number of nitrogens with one attached hydrogen (secondary N) is 1. The van der Waals surface area contributed by atoms with Gasteiger partial charge < -0.3 is 15.8 Å². The Kier molecular flexibility index (Phi) is 4.79. The van der Waals surface area contributed by atoms with Gasteiger partial charge in [-0.15, -0.1) is 0 Å². The fourth-order valence-corrected chi connectivity index (χ4v) is 1.35. The van der Waals surface area contributed by atoms with E-state index in [9.17, 15) is 4.79 Å². The molecule has 4 nitrogen and oxygen atoms in total. The zero-order chi connectivity index (χ0) is 12.0. The van der Waals surface area contributed by atoms with Crippen LogP contribution in [0.15, 0.2) is 24.3 Å². The predicted molar refractivity (Wildman–Crippen MR) is 63.2 cm³/mol. The largest absolute Gasteiger partial charge is 0.483 e. The number of carbonyl (C=O) groups is 1. The zero-order valence-corrected chi connectivity index (χ0v) is 9.69. The molecule has 1 amide bonds. The Morgan fingerprint density at radius 3 is 2.81 bits per heavy atom. The van der Waals surface area contributed by atoms with Crippen LogP contribution in [0.2, 0.25) is 0 Å². The summed E-state index contributed by atoms with van der Waals surface area (Å²) < 4.78 is 5.42. The van der Waals surface area contributed by atoms with Crippen LogP contribution in [-0.2, 0) is 4.79 Å². The molecule has 0 bridgehead atoms. The Morgan fingerprint density at radius 2 is 2.19 bits per heavy atom. The molecule has 4 heteroatoms. The highest BCUT2D eigenvalue weighted by Gasteiger charge is 2.10. The van der Waals surface area contributed by atoms with E-state index >= 15 is 0 Å². The molecule has 0 fully saturated rings. The molecule has 0 unspecified atom stereocenters. The van der Waals surface area contributed by atoms with Crippen LogP contribution in [0.3, 0.4) is 0 Å². The van der Waals surface area contributed by atoms with Gasteiger partial charge in [-0.3, -0.25) is 4.79 Å². The number of carbonyl (C=O) groups excluding carboxylic acids is 1. The lowest BCUT2D eigenvalue weighted by molar-refractivity contribution is -0.122. The minimum Gasteiger partial charge on any atom is -0.483 e. The average molecular weight is 222 g/mol. The molecule has 1 aromatic rings. The second-order valence-electron chi connectivity index (χ2n) is 3.51. The summed E-state index contributed by atoms with van der Waals surface area (Å²) in [6.45, 7) is 2.03. The van der Waals surface area contributed by atoms with Crippen molar-refractivity contribution in [3.8, 4) is 5.75 Å². The zero-order valence-electron chi connectivity index (χ0n) is 9.69. The molecule has 0 saturated heterocycles. The summed E-state index contributed by atoms with van der Waals surface area (Å²) in [5, 5.41) is 2.50. The van der Waals surface area contributed by atoms with Crippen molar-refractivity contribution in [3.05, 3.63) is 29.8 Å². The highest BCUT2D eigenvalue weighted by atomic mass is 16.5. The van der Waals surface area contributed by atoms with Gasteiger partial charge in [-0.05, 0) is 12.5 Å². The number of nitrogens with two attached hydrogens (primary N) is 1. The van der Waals surface area contributed by atoms with E-state index in [1.165, 1.54) is 0 Å². The molecule has 0 heterocycles. The number of hydrogen-bond acceptors (Lipinski definition) is 3. The van der Waals surface area contributed by atoms with Crippen LogP contribution >= 0.6 is 0 Å². The summed E-state index contributed by atoms with van der Waals surface area (Å²) in [6, 6.07) is 7.48. The quantitative estimate of drug-likeness (QED) is 0.787. The van der Waals surface area contributed by atoms with E-state index in [2.05, 4.69) is 5.32 Å². The van der Waals surface area contributed by atoms with Gasteiger partial charge in [-0.1, -0.05) is 25.1 Å². The first-order valence-electron chi connectivity index (χ1n) is 5.37. The Bertz CT molecular complexity index is 353. The maximum Gasteiger partial charge on any atom is 0.257 e. The molecule has 0 radical (unpaired) electrons. The van der Waals surface area contributed by atoms with Crippen molar-refractivity contribution in [2.45, 2.75) is 19.4 Å². The van der Waals surface area contributed by atoms with Crippen LogP contribution in [0.4, 0.5) is 0 Å². The molecule has 0 spiro atoms. The van der Waals surface area contributed by atoms with E-state index in [0.717, 1.165) is 12.0 Å². The minimum absolute atomic E-state index is 0.0178. The number of para-hydroxylation sites is 1. The van der Waals surface area contributed by atoms with E-state index in [4.69, 9.17) is 10.5 Å². The van der Waals surface area contributed by atoms with Crippen LogP contribution in [0.1, 0.15) is 24.9 Å². The first-order valence-corrected chi connectivity index (χ1v) is 5.37. The molecule has 0 aromatic heterocycles. The van der Waals surface area contributed by atoms with E-state index in [1.807, 2.05) is 31.2 Å². The van der Waals surface area contributed by atoms with Crippen molar-refractivity contribution < 1.29 is 9.53 Å². The van der Waals surface area contributed by atoms with Crippen molar-refractivity contribution in [1.82, 2.24) is 5.32 Å². The SMILES string of the molecule is CC[C@H](N)c1ccccc1OCC(=O)NC. The maximum atomic E-state index is 11.1. The Labute approximate surface area is 95.8 Å². The van der Waals surface area contributed by atoms with Crippen LogP contribution < -0.4 is 15.8 Å². The Balaban J connectivity index is 2.75. The fraction of sp³-hybridized carbons (Fsp3) is 0.417. The highest BCUT2D eigenvalue weighted by molar-refractivity contribution is 5.77. The molecule has 1 atom stereocenters. The van der Waals surface area contributed by atoms with Gasteiger partial charge >= 0.3 is 0 Å².